The summed E-state index contributed by atoms with van der Waals surface area (Å²) < 4.78 is 37.1. The predicted molar refractivity (Wildman–Crippen MR) is 248 cm³/mol. The standard InChI is InChI=1S/C44H53F2N15O3.2ClH/c1-54-39-32(3-2-4-33(39)61(43(54)64)34-9-10-37(62)50-42(34)63)56-19-13-44(14-20-56)12-18-55(27-44)24-28-5-7-29(8-6-28)59-26-35(38(52-59)40(45)46)60-25-31(51-53-60)30-23-48-58-17-11-36(49-41(30)58)57-21-15-47-16-22-57;;/h2-4,11,17,23,25-26,28-29,34,40,47H,5-10,12-16,18-22,24,27H2,1H3,(H,50,62,63);2*1H. The second-order valence-electron chi connectivity index (χ2n) is 18.5. The molecule has 4 aliphatic heterocycles. The van der Waals surface area contributed by atoms with Crippen LogP contribution in [0.4, 0.5) is 20.3 Å². The highest BCUT2D eigenvalue weighted by Gasteiger charge is 2.42. The minimum Gasteiger partial charge on any atom is -0.370 e. The number of fused-ring (bicyclic) bond motifs is 2. The van der Waals surface area contributed by atoms with E-state index >= 15 is 0 Å². The number of piperidine rings is 2. The molecular formula is C44H55Cl2F2N15O3. The lowest BCUT2D eigenvalue weighted by atomic mass is 9.77. The highest BCUT2D eigenvalue weighted by atomic mass is 35.5. The number of amides is 2. The van der Waals surface area contributed by atoms with Crippen LogP contribution in [0.25, 0.3) is 33.6 Å². The topological polar surface area (TPSA) is 174 Å². The molecule has 1 spiro atoms. The molecule has 1 saturated carbocycles. The van der Waals surface area contributed by atoms with Crippen molar-refractivity contribution in [2.24, 2.45) is 18.4 Å². The Hall–Kier alpha value is -5.44. The van der Waals surface area contributed by atoms with E-state index in [0.29, 0.717) is 34.8 Å². The maximum atomic E-state index is 14.5. The monoisotopic (exact) mass is 949 g/mol. The molecule has 18 nitrogen and oxygen atoms in total. The molecule has 22 heteroatoms. The first kappa shape index (κ1) is 45.7. The number of hydrogen-bond donors (Lipinski definition) is 2. The van der Waals surface area contributed by atoms with Crippen molar-refractivity contribution in [3.63, 3.8) is 0 Å². The van der Waals surface area contributed by atoms with Crippen LogP contribution in [0.15, 0.2) is 53.8 Å². The highest BCUT2D eigenvalue weighted by Crippen LogP contribution is 2.44. The minimum atomic E-state index is -2.77. The van der Waals surface area contributed by atoms with Crippen LogP contribution in [0.3, 0.4) is 0 Å². The second-order valence-corrected chi connectivity index (χ2v) is 18.5. The minimum absolute atomic E-state index is 0. The molecule has 5 fully saturated rings. The van der Waals surface area contributed by atoms with E-state index in [1.807, 2.05) is 24.4 Å². The summed E-state index contributed by atoms with van der Waals surface area (Å²) in [6, 6.07) is 7.18. The number of piperazine rings is 1. The molecule has 5 aromatic heterocycles. The summed E-state index contributed by atoms with van der Waals surface area (Å²) >= 11 is 0. The summed E-state index contributed by atoms with van der Waals surface area (Å²) in [6.45, 7) is 8.42. The first-order valence-electron chi connectivity index (χ1n) is 22.7. The Morgan fingerprint density at radius 2 is 1.67 bits per heavy atom. The third-order valence-electron chi connectivity index (χ3n) is 14.8. The van der Waals surface area contributed by atoms with Gasteiger partial charge in [-0.05, 0) is 87.4 Å². The van der Waals surface area contributed by atoms with Gasteiger partial charge in [0.2, 0.25) is 11.8 Å². The van der Waals surface area contributed by atoms with Crippen LogP contribution in [0.2, 0.25) is 0 Å². The SMILES string of the molecule is Cl.Cl.Cn1c(=O)n(C2CCC(=O)NC2=O)c2cccc(N3CCC4(CCN(CC5CCC(n6cc(-n7cc(-c8cnn9ccc(N%10CCNCC%10)nc89)nn7)c(C(F)F)n6)CC5)C4)CC3)c21. The number of benzene rings is 1. The number of hydrogen-bond acceptors (Lipinski definition) is 12. The second kappa shape index (κ2) is 18.3. The lowest BCUT2D eigenvalue weighted by molar-refractivity contribution is -0.135. The normalized spacial score (nSPS) is 22.6. The van der Waals surface area contributed by atoms with E-state index in [1.54, 1.807) is 44.0 Å². The Morgan fingerprint density at radius 1 is 0.894 bits per heavy atom. The first-order chi connectivity index (χ1) is 31.1. The largest absolute Gasteiger partial charge is 0.370 e. The van der Waals surface area contributed by atoms with Crippen molar-refractivity contribution in [3.8, 4) is 16.9 Å². The van der Waals surface area contributed by atoms with Crippen molar-refractivity contribution in [2.45, 2.75) is 76.3 Å². The fourth-order valence-electron chi connectivity index (χ4n) is 11.2. The first-order valence-corrected chi connectivity index (χ1v) is 22.7. The Labute approximate surface area is 391 Å². The number of alkyl halides is 2. The lowest BCUT2D eigenvalue weighted by Crippen LogP contribution is -2.44. The maximum absolute atomic E-state index is 14.5. The Balaban J connectivity index is 0.00000274. The summed E-state index contributed by atoms with van der Waals surface area (Å²) in [5, 5.41) is 23.3. The van der Waals surface area contributed by atoms with Crippen LogP contribution < -0.4 is 26.1 Å². The molecule has 352 valence electrons. The van der Waals surface area contributed by atoms with Gasteiger partial charge in [0, 0.05) is 72.0 Å². The molecule has 2 amide bonds. The van der Waals surface area contributed by atoms with Gasteiger partial charge < -0.3 is 20.0 Å². The van der Waals surface area contributed by atoms with E-state index in [1.165, 1.54) is 4.68 Å². The molecule has 1 aliphatic carbocycles. The molecular weight excluding hydrogens is 895 g/mol. The average molecular weight is 951 g/mol. The van der Waals surface area contributed by atoms with Gasteiger partial charge in [0.1, 0.15) is 23.2 Å². The van der Waals surface area contributed by atoms with Gasteiger partial charge in [-0.15, -0.1) is 29.9 Å². The summed E-state index contributed by atoms with van der Waals surface area (Å²) in [5.41, 5.74) is 4.24. The molecule has 1 aromatic carbocycles. The Kier molecular flexibility index (Phi) is 12.7. The van der Waals surface area contributed by atoms with Gasteiger partial charge in [0.25, 0.3) is 6.43 Å². The third-order valence-corrected chi connectivity index (χ3v) is 14.8. The van der Waals surface area contributed by atoms with Gasteiger partial charge in [-0.25, -0.2) is 27.8 Å². The van der Waals surface area contributed by atoms with Crippen molar-refractivity contribution in [2.75, 3.05) is 68.7 Å². The maximum Gasteiger partial charge on any atom is 0.329 e. The number of nitrogens with one attached hydrogen (secondary N) is 2. The van der Waals surface area contributed by atoms with Crippen molar-refractivity contribution in [1.82, 2.24) is 64.0 Å². The number of anilines is 2. The van der Waals surface area contributed by atoms with Crippen LogP contribution in [0, 0.1) is 11.3 Å². The number of para-hydroxylation sites is 1. The average Bonchev–Trinajstić information content (AvgIpc) is 4.16. The fraction of sp³-hybridized carbons (Fsp3) is 0.545. The molecule has 5 aliphatic rings. The predicted octanol–water partition coefficient (Wildman–Crippen LogP) is 4.72. The molecule has 0 radical (unpaired) electrons. The molecule has 66 heavy (non-hydrogen) atoms. The van der Waals surface area contributed by atoms with Crippen LogP contribution >= 0.6 is 24.8 Å². The molecule has 11 rings (SSSR count). The lowest BCUT2D eigenvalue weighted by Gasteiger charge is -2.41. The molecule has 6 aromatic rings. The number of carbonyl (C=O) groups is 2. The van der Waals surface area contributed by atoms with Crippen LogP contribution in [-0.4, -0.2) is 124 Å². The Morgan fingerprint density at radius 3 is 2.42 bits per heavy atom. The molecule has 4 saturated heterocycles. The van der Waals surface area contributed by atoms with Crippen LogP contribution in [0.5, 0.6) is 0 Å². The number of nitrogens with zero attached hydrogens (tertiary/aromatic N) is 13. The zero-order chi connectivity index (χ0) is 43.7. The van der Waals surface area contributed by atoms with Crippen LogP contribution in [-0.2, 0) is 16.6 Å². The van der Waals surface area contributed by atoms with Gasteiger partial charge in [-0.1, -0.05) is 11.3 Å². The molecule has 1 atom stereocenters. The van der Waals surface area contributed by atoms with Gasteiger partial charge >= 0.3 is 5.69 Å². The zero-order valence-electron chi connectivity index (χ0n) is 36.8. The number of aromatic nitrogens is 10. The van der Waals surface area contributed by atoms with Crippen LogP contribution in [0.1, 0.15) is 82.0 Å². The number of rotatable bonds is 9. The number of halogens is 4. The van der Waals surface area contributed by atoms with Gasteiger partial charge in [0.15, 0.2) is 11.3 Å². The van der Waals surface area contributed by atoms with Crippen molar-refractivity contribution < 1.29 is 18.4 Å². The fourth-order valence-corrected chi connectivity index (χ4v) is 11.2. The number of likely N-dealkylation sites (tertiary alicyclic amines) is 1. The van der Waals surface area contributed by atoms with E-state index in [9.17, 15) is 23.2 Å². The van der Waals surface area contributed by atoms with Gasteiger partial charge in [-0.2, -0.15) is 10.2 Å². The van der Waals surface area contributed by atoms with E-state index in [0.717, 1.165) is 121 Å². The van der Waals surface area contributed by atoms with E-state index in [2.05, 4.69) is 51.9 Å². The van der Waals surface area contributed by atoms with E-state index in [4.69, 9.17) is 4.98 Å². The molecule has 1 unspecified atom stereocenters. The summed E-state index contributed by atoms with van der Waals surface area (Å²) in [6.07, 6.45) is 11.7. The molecule has 2 N–H and O–H groups in total. The summed E-state index contributed by atoms with van der Waals surface area (Å²) in [7, 11) is 1.76. The number of aryl methyl sites for hydroxylation is 1. The number of imidazole rings is 1. The molecule has 0 bridgehead atoms. The zero-order valence-corrected chi connectivity index (χ0v) is 38.4. The van der Waals surface area contributed by atoms with E-state index < -0.39 is 18.4 Å². The Bertz CT molecular complexity index is 2800. The summed E-state index contributed by atoms with van der Waals surface area (Å²) in [5.74, 6) is 0.656. The highest BCUT2D eigenvalue weighted by molar-refractivity contribution is 6.00. The van der Waals surface area contributed by atoms with Gasteiger partial charge in [0.05, 0.1) is 46.9 Å². The smallest absolute Gasteiger partial charge is 0.329 e. The third kappa shape index (κ3) is 8.23. The van der Waals surface area contributed by atoms with Gasteiger partial charge in [-0.3, -0.25) is 28.7 Å². The summed E-state index contributed by atoms with van der Waals surface area (Å²) in [4.78, 5) is 50.3. The quantitative estimate of drug-likeness (QED) is 0.192. The number of imide groups is 1. The van der Waals surface area contributed by atoms with Crippen molar-refractivity contribution >= 4 is 64.8 Å². The number of carbonyl (C=O) groups excluding carboxylic acids is 2. The molecule has 9 heterocycles. The van der Waals surface area contributed by atoms with E-state index in [-0.39, 0.29) is 65.7 Å². The van der Waals surface area contributed by atoms with Crippen molar-refractivity contribution in [1.29, 1.82) is 0 Å². The van der Waals surface area contributed by atoms with Crippen molar-refractivity contribution in [3.05, 3.63) is 65.2 Å².